The molecular weight excluding hydrogens is 230 g/mol. The van der Waals surface area contributed by atoms with Crippen molar-refractivity contribution in [2.75, 3.05) is 40.1 Å². The molecule has 0 saturated carbocycles. The molecule has 2 saturated heterocycles. The van der Waals surface area contributed by atoms with Gasteiger partial charge < -0.3 is 19.9 Å². The second-order valence-electron chi connectivity index (χ2n) is 5.28. The Morgan fingerprint density at radius 3 is 2.39 bits per heavy atom. The zero-order valence-corrected chi connectivity index (χ0v) is 10.6. The third kappa shape index (κ3) is 1.43. The molecule has 18 heavy (non-hydrogen) atoms. The summed E-state index contributed by atoms with van der Waals surface area (Å²) in [6.45, 7) is 3.53. The molecule has 0 aromatic heterocycles. The monoisotopic (exact) mass is 249 g/mol. The summed E-state index contributed by atoms with van der Waals surface area (Å²) in [6, 6.07) is 8.22. The van der Waals surface area contributed by atoms with E-state index in [-0.39, 0.29) is 10.8 Å². The van der Waals surface area contributed by atoms with Gasteiger partial charge in [-0.05, 0) is 17.7 Å². The van der Waals surface area contributed by atoms with Crippen molar-refractivity contribution in [1.82, 2.24) is 0 Å². The molecule has 2 fully saturated rings. The third-order valence-corrected chi connectivity index (χ3v) is 4.48. The first kappa shape index (κ1) is 12.0. The van der Waals surface area contributed by atoms with Crippen molar-refractivity contribution in [3.63, 3.8) is 0 Å². The SMILES string of the molecule is COc1cccc(C2(C3(CN)COC3)COC2)c1. The summed E-state index contributed by atoms with van der Waals surface area (Å²) in [5.74, 6) is 0.881. The molecule has 2 aliphatic heterocycles. The van der Waals surface area contributed by atoms with Gasteiger partial charge in [-0.3, -0.25) is 0 Å². The molecule has 4 heteroatoms. The van der Waals surface area contributed by atoms with Gasteiger partial charge in [-0.1, -0.05) is 12.1 Å². The number of benzene rings is 1. The van der Waals surface area contributed by atoms with Gasteiger partial charge in [0.2, 0.25) is 0 Å². The predicted molar refractivity (Wildman–Crippen MR) is 67.8 cm³/mol. The minimum Gasteiger partial charge on any atom is -0.497 e. The Hall–Kier alpha value is -1.10. The van der Waals surface area contributed by atoms with Crippen molar-refractivity contribution < 1.29 is 14.2 Å². The van der Waals surface area contributed by atoms with Gasteiger partial charge in [0, 0.05) is 12.0 Å². The Kier molecular flexibility index (Phi) is 2.81. The van der Waals surface area contributed by atoms with Crippen LogP contribution in [0, 0.1) is 5.41 Å². The van der Waals surface area contributed by atoms with E-state index in [0.717, 1.165) is 32.2 Å². The molecule has 0 aliphatic carbocycles. The van der Waals surface area contributed by atoms with Crippen LogP contribution in [0.4, 0.5) is 0 Å². The molecule has 0 radical (unpaired) electrons. The van der Waals surface area contributed by atoms with Crippen LogP contribution < -0.4 is 10.5 Å². The summed E-state index contributed by atoms with van der Waals surface area (Å²) in [7, 11) is 1.69. The van der Waals surface area contributed by atoms with Crippen molar-refractivity contribution in [2.45, 2.75) is 5.41 Å². The van der Waals surface area contributed by atoms with Crippen LogP contribution in [0.3, 0.4) is 0 Å². The topological polar surface area (TPSA) is 53.7 Å². The van der Waals surface area contributed by atoms with E-state index in [0.29, 0.717) is 6.54 Å². The number of methoxy groups -OCH3 is 1. The highest BCUT2D eigenvalue weighted by atomic mass is 16.5. The van der Waals surface area contributed by atoms with Gasteiger partial charge in [-0.15, -0.1) is 0 Å². The number of hydrogen-bond donors (Lipinski definition) is 1. The van der Waals surface area contributed by atoms with Crippen LogP contribution >= 0.6 is 0 Å². The van der Waals surface area contributed by atoms with Crippen LogP contribution in [0.2, 0.25) is 0 Å². The molecule has 2 heterocycles. The maximum atomic E-state index is 6.01. The molecule has 3 rings (SSSR count). The first-order valence-electron chi connectivity index (χ1n) is 6.26. The highest BCUT2D eigenvalue weighted by Crippen LogP contribution is 2.51. The zero-order chi connectivity index (χ0) is 12.6. The van der Waals surface area contributed by atoms with Crippen LogP contribution in [0.25, 0.3) is 0 Å². The molecule has 0 atom stereocenters. The van der Waals surface area contributed by atoms with Gasteiger partial charge in [0.05, 0.1) is 39.0 Å². The second-order valence-corrected chi connectivity index (χ2v) is 5.28. The van der Waals surface area contributed by atoms with Gasteiger partial charge in [0.15, 0.2) is 0 Å². The summed E-state index contributed by atoms with van der Waals surface area (Å²) in [4.78, 5) is 0. The van der Waals surface area contributed by atoms with Crippen molar-refractivity contribution in [3.8, 4) is 5.75 Å². The lowest BCUT2D eigenvalue weighted by molar-refractivity contribution is -0.223. The van der Waals surface area contributed by atoms with Crippen LogP contribution in [-0.4, -0.2) is 40.1 Å². The fraction of sp³-hybridized carbons (Fsp3) is 0.571. The Morgan fingerprint density at radius 2 is 1.94 bits per heavy atom. The van der Waals surface area contributed by atoms with Gasteiger partial charge >= 0.3 is 0 Å². The van der Waals surface area contributed by atoms with Crippen LogP contribution in [0.5, 0.6) is 5.75 Å². The molecule has 2 N–H and O–H groups in total. The normalized spacial score (nSPS) is 23.9. The summed E-state index contributed by atoms with van der Waals surface area (Å²) in [5, 5.41) is 0. The minimum absolute atomic E-state index is 0.00542. The van der Waals surface area contributed by atoms with Gasteiger partial charge in [0.1, 0.15) is 5.75 Å². The summed E-state index contributed by atoms with van der Waals surface area (Å²) < 4.78 is 16.2. The molecule has 0 amide bonds. The fourth-order valence-electron chi connectivity index (χ4n) is 2.94. The highest BCUT2D eigenvalue weighted by Gasteiger charge is 2.60. The predicted octanol–water partition coefficient (Wildman–Crippen LogP) is 0.938. The van der Waals surface area contributed by atoms with Crippen molar-refractivity contribution >= 4 is 0 Å². The number of nitrogens with two attached hydrogens (primary N) is 1. The van der Waals surface area contributed by atoms with E-state index in [4.69, 9.17) is 19.9 Å². The third-order valence-electron chi connectivity index (χ3n) is 4.48. The van der Waals surface area contributed by atoms with Gasteiger partial charge in [-0.2, -0.15) is 0 Å². The summed E-state index contributed by atoms with van der Waals surface area (Å²) >= 11 is 0. The lowest BCUT2D eigenvalue weighted by atomic mass is 9.57. The van der Waals surface area contributed by atoms with Crippen LogP contribution in [0.1, 0.15) is 5.56 Å². The van der Waals surface area contributed by atoms with Crippen LogP contribution in [0.15, 0.2) is 24.3 Å². The van der Waals surface area contributed by atoms with Crippen molar-refractivity contribution in [3.05, 3.63) is 29.8 Å². The molecule has 98 valence electrons. The average molecular weight is 249 g/mol. The smallest absolute Gasteiger partial charge is 0.119 e. The molecule has 1 aromatic carbocycles. The summed E-state index contributed by atoms with van der Waals surface area (Å²) in [5.41, 5.74) is 7.28. The maximum Gasteiger partial charge on any atom is 0.119 e. The molecule has 2 aliphatic rings. The molecule has 0 unspecified atom stereocenters. The first-order valence-corrected chi connectivity index (χ1v) is 6.26. The highest BCUT2D eigenvalue weighted by molar-refractivity contribution is 5.38. The van der Waals surface area contributed by atoms with E-state index >= 15 is 0 Å². The van der Waals surface area contributed by atoms with E-state index in [1.54, 1.807) is 7.11 Å². The lowest BCUT2D eigenvalue weighted by Gasteiger charge is -2.59. The van der Waals surface area contributed by atoms with Crippen molar-refractivity contribution in [2.24, 2.45) is 11.1 Å². The molecule has 4 nitrogen and oxygen atoms in total. The molecular formula is C14H19NO3. The van der Waals surface area contributed by atoms with E-state index in [1.165, 1.54) is 5.56 Å². The molecule has 0 bridgehead atoms. The molecule has 0 spiro atoms. The number of ether oxygens (including phenoxy) is 3. The van der Waals surface area contributed by atoms with Gasteiger partial charge in [-0.25, -0.2) is 0 Å². The second kappa shape index (κ2) is 4.23. The minimum atomic E-state index is -0.00542. The summed E-state index contributed by atoms with van der Waals surface area (Å²) in [6.07, 6.45) is 0. The lowest BCUT2D eigenvalue weighted by Crippen LogP contribution is -2.69. The van der Waals surface area contributed by atoms with E-state index in [2.05, 4.69) is 12.1 Å². The zero-order valence-electron chi connectivity index (χ0n) is 10.6. The largest absolute Gasteiger partial charge is 0.497 e. The Morgan fingerprint density at radius 1 is 1.22 bits per heavy atom. The quantitative estimate of drug-likeness (QED) is 0.863. The maximum absolute atomic E-state index is 6.01. The first-order chi connectivity index (χ1) is 8.76. The van der Waals surface area contributed by atoms with Crippen LogP contribution in [-0.2, 0) is 14.9 Å². The Balaban J connectivity index is 2.00. The number of rotatable bonds is 4. The molecule has 1 aromatic rings. The van der Waals surface area contributed by atoms with Gasteiger partial charge in [0.25, 0.3) is 0 Å². The fourth-order valence-corrected chi connectivity index (χ4v) is 2.94. The number of hydrogen-bond acceptors (Lipinski definition) is 4. The Labute approximate surface area is 107 Å². The van der Waals surface area contributed by atoms with E-state index < -0.39 is 0 Å². The van der Waals surface area contributed by atoms with E-state index in [9.17, 15) is 0 Å². The average Bonchev–Trinajstić information content (AvgIpc) is 2.31. The van der Waals surface area contributed by atoms with E-state index in [1.807, 2.05) is 12.1 Å². The Bertz CT molecular complexity index is 433. The van der Waals surface area contributed by atoms with Crippen molar-refractivity contribution in [1.29, 1.82) is 0 Å². The standard InChI is InChI=1S/C14H19NO3/c1-16-12-4-2-3-11(5-12)14(9-18-10-14)13(6-15)7-17-8-13/h2-5H,6-10,15H2,1H3.